The third-order valence-electron chi connectivity index (χ3n) is 4.72. The van der Waals surface area contributed by atoms with E-state index in [0.717, 1.165) is 23.6 Å². The molecular weight excluding hydrogens is 353 g/mol. The van der Waals surface area contributed by atoms with Crippen molar-refractivity contribution in [3.8, 4) is 11.4 Å². The molecule has 0 fully saturated rings. The van der Waals surface area contributed by atoms with Crippen molar-refractivity contribution in [2.75, 3.05) is 7.11 Å². The summed E-state index contributed by atoms with van der Waals surface area (Å²) in [6.45, 7) is 2.14. The summed E-state index contributed by atoms with van der Waals surface area (Å²) in [5.74, 6) is -0.0215. The van der Waals surface area contributed by atoms with Gasteiger partial charge in [-0.05, 0) is 24.5 Å². The van der Waals surface area contributed by atoms with E-state index >= 15 is 0 Å². The Morgan fingerprint density at radius 2 is 2.23 bits per heavy atom. The number of methoxy groups -OCH3 is 1. The van der Waals surface area contributed by atoms with Crippen molar-refractivity contribution < 1.29 is 9.13 Å². The molecule has 0 N–H and O–H groups in total. The average molecular weight is 371 g/mol. The highest BCUT2D eigenvalue weighted by Crippen LogP contribution is 2.46. The fourth-order valence-corrected chi connectivity index (χ4v) is 4.67. The van der Waals surface area contributed by atoms with Crippen LogP contribution >= 0.6 is 11.8 Å². The molecule has 1 aromatic carbocycles. The maximum atomic E-state index is 14.0. The highest BCUT2D eigenvalue weighted by molar-refractivity contribution is 8.14. The van der Waals surface area contributed by atoms with Gasteiger partial charge in [0.05, 0.1) is 29.5 Å². The van der Waals surface area contributed by atoms with Crippen molar-refractivity contribution in [3.63, 3.8) is 0 Å². The number of ether oxygens (including phenoxy) is 1. The Labute approximate surface area is 154 Å². The molecule has 0 saturated heterocycles. The monoisotopic (exact) mass is 371 g/mol. The van der Waals surface area contributed by atoms with Crippen LogP contribution in [0.3, 0.4) is 0 Å². The number of aromatic nitrogens is 2. The zero-order valence-corrected chi connectivity index (χ0v) is 15.3. The molecule has 2 unspecified atom stereocenters. The van der Waals surface area contributed by atoms with Gasteiger partial charge in [0.1, 0.15) is 11.2 Å². The third-order valence-corrected chi connectivity index (χ3v) is 5.88. The summed E-state index contributed by atoms with van der Waals surface area (Å²) in [6, 6.07) is 4.42. The lowest BCUT2D eigenvalue weighted by Gasteiger charge is -2.22. The summed E-state index contributed by atoms with van der Waals surface area (Å²) in [4.78, 5) is 22.6. The van der Waals surface area contributed by atoms with Crippen LogP contribution in [0, 0.1) is 11.7 Å². The summed E-state index contributed by atoms with van der Waals surface area (Å²) < 4.78 is 20.3. The quantitative estimate of drug-likeness (QED) is 0.818. The molecule has 1 aromatic heterocycles. The van der Waals surface area contributed by atoms with Gasteiger partial charge >= 0.3 is 0 Å². The zero-order chi connectivity index (χ0) is 18.3. The van der Waals surface area contributed by atoms with E-state index in [1.807, 2.05) is 6.20 Å². The number of allylic oxidation sites excluding steroid dienone is 1. The van der Waals surface area contributed by atoms with Gasteiger partial charge in [0.15, 0.2) is 11.6 Å². The lowest BCUT2D eigenvalue weighted by atomic mass is 9.85. The van der Waals surface area contributed by atoms with Crippen LogP contribution in [0.4, 0.5) is 4.39 Å². The third kappa shape index (κ3) is 2.67. The molecule has 134 valence electrons. The molecule has 0 radical (unpaired) electrons. The van der Waals surface area contributed by atoms with Gasteiger partial charge in [-0.25, -0.2) is 9.37 Å². The topological polar surface area (TPSA) is 56.5 Å². The molecule has 0 saturated carbocycles. The molecule has 3 heterocycles. The van der Waals surface area contributed by atoms with Gasteiger partial charge in [0, 0.05) is 12.3 Å². The average Bonchev–Trinajstić information content (AvgIpc) is 3.03. The summed E-state index contributed by atoms with van der Waals surface area (Å²) in [6.07, 6.45) is 7.48. The first-order valence-electron chi connectivity index (χ1n) is 8.51. The van der Waals surface area contributed by atoms with E-state index in [4.69, 9.17) is 4.74 Å². The second-order valence-electron chi connectivity index (χ2n) is 6.29. The zero-order valence-electron chi connectivity index (χ0n) is 14.5. The number of fused-ring (bicyclic) bond motifs is 3. The van der Waals surface area contributed by atoms with Crippen LogP contribution in [0.15, 0.2) is 51.5 Å². The number of hydrogen-bond donors (Lipinski definition) is 0. The molecule has 2 aromatic rings. The standard InChI is InChI=1S/C19H18FN3O2S/c1-3-4-11-7-8-21-18-15(11)16-17(26-18)19(24)23(10-22-16)12-5-6-14(25-2)13(20)9-12/h5-11,15H,3-4H2,1-2H3. The van der Waals surface area contributed by atoms with Crippen LogP contribution in [0.25, 0.3) is 5.69 Å². The van der Waals surface area contributed by atoms with Crippen molar-refractivity contribution in [1.29, 1.82) is 0 Å². The van der Waals surface area contributed by atoms with Crippen LogP contribution < -0.4 is 10.3 Å². The van der Waals surface area contributed by atoms with E-state index in [-0.39, 0.29) is 17.2 Å². The second-order valence-corrected chi connectivity index (χ2v) is 7.32. The molecule has 2 aliphatic heterocycles. The van der Waals surface area contributed by atoms with Gasteiger partial charge in [-0.15, -0.1) is 0 Å². The van der Waals surface area contributed by atoms with Crippen LogP contribution in [0.2, 0.25) is 0 Å². The molecule has 2 aliphatic rings. The number of rotatable bonds is 4. The van der Waals surface area contributed by atoms with Gasteiger partial charge in [-0.2, -0.15) is 0 Å². The normalized spacial score (nSPS) is 20.5. The number of nitrogens with zero attached hydrogens (tertiary/aromatic N) is 3. The summed E-state index contributed by atoms with van der Waals surface area (Å²) in [5, 5.41) is 0.921. The fraction of sp³-hybridized carbons (Fsp3) is 0.316. The first-order valence-corrected chi connectivity index (χ1v) is 9.33. The predicted octanol–water partition coefficient (Wildman–Crippen LogP) is 3.91. The largest absolute Gasteiger partial charge is 0.494 e. The highest BCUT2D eigenvalue weighted by atomic mass is 32.2. The number of halogens is 1. The van der Waals surface area contributed by atoms with Crippen molar-refractivity contribution in [2.24, 2.45) is 10.9 Å². The Morgan fingerprint density at radius 1 is 1.38 bits per heavy atom. The SMILES string of the molecule is CCCC1C=CN=C2Sc3c(ncn(-c4ccc(OC)c(F)c4)c3=O)C21. The molecule has 0 spiro atoms. The van der Waals surface area contributed by atoms with E-state index in [0.29, 0.717) is 16.5 Å². The van der Waals surface area contributed by atoms with Crippen LogP contribution in [0.1, 0.15) is 31.4 Å². The summed E-state index contributed by atoms with van der Waals surface area (Å²) >= 11 is 1.38. The van der Waals surface area contributed by atoms with Gasteiger partial charge in [-0.1, -0.05) is 31.2 Å². The molecule has 2 atom stereocenters. The van der Waals surface area contributed by atoms with Crippen LogP contribution in [-0.2, 0) is 0 Å². The smallest absolute Gasteiger partial charge is 0.272 e. The molecule has 7 heteroatoms. The second kappa shape index (κ2) is 6.72. The Kier molecular flexibility index (Phi) is 4.40. The highest BCUT2D eigenvalue weighted by Gasteiger charge is 2.39. The number of benzene rings is 1. The molecular formula is C19H18FN3O2S. The van der Waals surface area contributed by atoms with E-state index in [1.165, 1.54) is 41.9 Å². The van der Waals surface area contributed by atoms with E-state index < -0.39 is 5.82 Å². The lowest BCUT2D eigenvalue weighted by molar-refractivity contribution is 0.386. The van der Waals surface area contributed by atoms with Crippen LogP contribution in [-0.4, -0.2) is 21.7 Å². The predicted molar refractivity (Wildman–Crippen MR) is 99.9 cm³/mol. The number of hydrogen-bond acceptors (Lipinski definition) is 5. The van der Waals surface area contributed by atoms with Gasteiger partial charge < -0.3 is 4.74 Å². The van der Waals surface area contributed by atoms with E-state index in [1.54, 1.807) is 6.07 Å². The van der Waals surface area contributed by atoms with Crippen molar-refractivity contribution >= 4 is 16.8 Å². The minimum atomic E-state index is -0.518. The lowest BCUT2D eigenvalue weighted by Crippen LogP contribution is -2.23. The molecule has 0 bridgehead atoms. The van der Waals surface area contributed by atoms with Gasteiger partial charge in [0.2, 0.25) is 0 Å². The minimum absolute atomic E-state index is 0.0508. The number of thioether (sulfide) groups is 1. The Bertz CT molecular complexity index is 983. The van der Waals surface area contributed by atoms with Crippen LogP contribution in [0.5, 0.6) is 5.75 Å². The van der Waals surface area contributed by atoms with E-state index in [9.17, 15) is 9.18 Å². The minimum Gasteiger partial charge on any atom is -0.494 e. The summed E-state index contributed by atoms with van der Waals surface area (Å²) in [5.41, 5.74) is 1.01. The molecule has 26 heavy (non-hydrogen) atoms. The molecule has 0 aliphatic carbocycles. The van der Waals surface area contributed by atoms with Gasteiger partial charge in [0.25, 0.3) is 5.56 Å². The maximum Gasteiger partial charge on any atom is 0.272 e. The van der Waals surface area contributed by atoms with Gasteiger partial charge in [-0.3, -0.25) is 14.4 Å². The Morgan fingerprint density at radius 3 is 2.96 bits per heavy atom. The summed E-state index contributed by atoms with van der Waals surface area (Å²) in [7, 11) is 1.40. The maximum absolute atomic E-state index is 14.0. The van der Waals surface area contributed by atoms with E-state index in [2.05, 4.69) is 23.0 Å². The Hall–Kier alpha value is -2.41. The molecule has 5 nitrogen and oxygen atoms in total. The fourth-order valence-electron chi connectivity index (χ4n) is 3.47. The first-order chi connectivity index (χ1) is 12.6. The van der Waals surface area contributed by atoms with Crippen molar-refractivity contribution in [2.45, 2.75) is 30.6 Å². The number of aliphatic imine (C=N–C) groups is 1. The molecule has 0 amide bonds. The molecule has 4 rings (SSSR count). The first kappa shape index (κ1) is 17.0. The van der Waals surface area contributed by atoms with Crippen molar-refractivity contribution in [3.05, 3.63) is 58.7 Å². The van der Waals surface area contributed by atoms with Crippen molar-refractivity contribution in [1.82, 2.24) is 9.55 Å². The Balaban J connectivity index is 1.78.